The predicted octanol–water partition coefficient (Wildman–Crippen LogP) is 3.10. The van der Waals surface area contributed by atoms with Crippen LogP contribution in [-0.4, -0.2) is 18.9 Å². The summed E-state index contributed by atoms with van der Waals surface area (Å²) in [6, 6.07) is 11.9. The van der Waals surface area contributed by atoms with Gasteiger partial charge in [0.25, 0.3) is 5.91 Å². The Morgan fingerprint density at radius 1 is 1.16 bits per heavy atom. The van der Waals surface area contributed by atoms with Gasteiger partial charge in [0.05, 0.1) is 30.4 Å². The van der Waals surface area contributed by atoms with Gasteiger partial charge in [0.2, 0.25) is 5.91 Å². The Balaban J connectivity index is 1.63. The van der Waals surface area contributed by atoms with Gasteiger partial charge in [0.1, 0.15) is 11.3 Å². The lowest BCUT2D eigenvalue weighted by atomic mass is 10.1. The van der Waals surface area contributed by atoms with Crippen molar-refractivity contribution in [1.82, 2.24) is 10.9 Å². The van der Waals surface area contributed by atoms with E-state index in [1.807, 2.05) is 6.07 Å². The summed E-state index contributed by atoms with van der Waals surface area (Å²) < 4.78 is 10.6. The van der Waals surface area contributed by atoms with Crippen LogP contribution < -0.4 is 15.6 Å². The van der Waals surface area contributed by atoms with Gasteiger partial charge in [-0.05, 0) is 24.3 Å². The summed E-state index contributed by atoms with van der Waals surface area (Å²) in [5.74, 6) is -0.190. The molecule has 3 rings (SSSR count). The molecule has 128 valence electrons. The zero-order valence-electron chi connectivity index (χ0n) is 13.3. The first-order chi connectivity index (χ1) is 12.1. The highest BCUT2D eigenvalue weighted by molar-refractivity contribution is 6.33. The van der Waals surface area contributed by atoms with Crippen molar-refractivity contribution in [2.45, 2.75) is 6.42 Å². The molecule has 0 aliphatic rings. The summed E-state index contributed by atoms with van der Waals surface area (Å²) in [6.45, 7) is 0. The van der Waals surface area contributed by atoms with E-state index in [9.17, 15) is 9.59 Å². The van der Waals surface area contributed by atoms with Gasteiger partial charge < -0.3 is 9.15 Å². The van der Waals surface area contributed by atoms with Crippen molar-refractivity contribution < 1.29 is 18.7 Å². The number of nitrogens with one attached hydrogen (secondary N) is 2. The smallest absolute Gasteiger partial charge is 0.271 e. The van der Waals surface area contributed by atoms with Crippen molar-refractivity contribution in [3.8, 4) is 5.75 Å². The molecule has 2 N–H and O–H groups in total. The predicted molar refractivity (Wildman–Crippen MR) is 93.5 cm³/mol. The molecule has 0 spiro atoms. The molecule has 1 aromatic heterocycles. The molecule has 3 aromatic rings. The fourth-order valence-corrected chi connectivity index (χ4v) is 2.61. The van der Waals surface area contributed by atoms with Crippen molar-refractivity contribution in [3.05, 3.63) is 64.9 Å². The maximum absolute atomic E-state index is 12.1. The Morgan fingerprint density at radius 3 is 2.72 bits per heavy atom. The molecular weight excluding hydrogens is 344 g/mol. The Kier molecular flexibility index (Phi) is 4.90. The third-order valence-electron chi connectivity index (χ3n) is 3.65. The van der Waals surface area contributed by atoms with Crippen LogP contribution in [0.1, 0.15) is 15.9 Å². The minimum Gasteiger partial charge on any atom is -0.497 e. The maximum atomic E-state index is 12.1. The number of rotatable bonds is 4. The van der Waals surface area contributed by atoms with Crippen molar-refractivity contribution in [1.29, 1.82) is 0 Å². The van der Waals surface area contributed by atoms with Crippen molar-refractivity contribution >= 4 is 34.4 Å². The van der Waals surface area contributed by atoms with Crippen LogP contribution in [0.4, 0.5) is 0 Å². The Labute approximate surface area is 148 Å². The van der Waals surface area contributed by atoms with E-state index >= 15 is 0 Å². The fraction of sp³-hybridized carbons (Fsp3) is 0.111. The molecule has 7 heteroatoms. The summed E-state index contributed by atoms with van der Waals surface area (Å²) in [5, 5.41) is 1.12. The summed E-state index contributed by atoms with van der Waals surface area (Å²) in [6.07, 6.45) is 1.57. The van der Waals surface area contributed by atoms with Gasteiger partial charge in [-0.15, -0.1) is 0 Å². The van der Waals surface area contributed by atoms with Gasteiger partial charge in [-0.2, -0.15) is 0 Å². The first kappa shape index (κ1) is 16.9. The third-order valence-corrected chi connectivity index (χ3v) is 3.98. The molecule has 0 bridgehead atoms. The first-order valence-electron chi connectivity index (χ1n) is 7.46. The van der Waals surface area contributed by atoms with E-state index in [1.54, 1.807) is 43.5 Å². The highest BCUT2D eigenvalue weighted by Gasteiger charge is 2.13. The van der Waals surface area contributed by atoms with Gasteiger partial charge in [-0.25, -0.2) is 0 Å². The number of hydrogen-bond donors (Lipinski definition) is 2. The minimum absolute atomic E-state index is 0.0577. The van der Waals surface area contributed by atoms with Gasteiger partial charge in [0.15, 0.2) is 0 Å². The summed E-state index contributed by atoms with van der Waals surface area (Å²) >= 11 is 5.94. The molecule has 1 heterocycles. The Morgan fingerprint density at radius 2 is 1.96 bits per heavy atom. The second kappa shape index (κ2) is 7.27. The SMILES string of the molecule is COc1ccc2c(CC(=O)NNC(=O)c3ccccc3Cl)coc2c1. The molecule has 2 aromatic carbocycles. The monoisotopic (exact) mass is 358 g/mol. The second-order valence-electron chi connectivity index (χ2n) is 5.28. The first-order valence-corrected chi connectivity index (χ1v) is 7.84. The number of carbonyl (C=O) groups is 2. The van der Waals surface area contributed by atoms with Gasteiger partial charge in [-0.3, -0.25) is 20.4 Å². The van der Waals surface area contributed by atoms with Crippen LogP contribution in [0.3, 0.4) is 0 Å². The van der Waals surface area contributed by atoms with Crippen LogP contribution >= 0.6 is 11.6 Å². The second-order valence-corrected chi connectivity index (χ2v) is 5.69. The van der Waals surface area contributed by atoms with E-state index in [4.69, 9.17) is 20.8 Å². The molecular formula is C18H15ClN2O4. The molecule has 0 atom stereocenters. The highest BCUT2D eigenvalue weighted by atomic mass is 35.5. The number of fused-ring (bicyclic) bond motifs is 1. The lowest BCUT2D eigenvalue weighted by molar-refractivity contribution is -0.121. The van der Waals surface area contributed by atoms with Crippen molar-refractivity contribution in [2.75, 3.05) is 7.11 Å². The van der Waals surface area contributed by atoms with Crippen LogP contribution in [-0.2, 0) is 11.2 Å². The van der Waals surface area contributed by atoms with Crippen molar-refractivity contribution in [2.24, 2.45) is 0 Å². The topological polar surface area (TPSA) is 80.6 Å². The van der Waals surface area contributed by atoms with Gasteiger partial charge in [-0.1, -0.05) is 23.7 Å². The zero-order valence-corrected chi connectivity index (χ0v) is 14.1. The van der Waals surface area contributed by atoms with E-state index in [2.05, 4.69) is 10.9 Å². The van der Waals surface area contributed by atoms with Crippen LogP contribution in [0.2, 0.25) is 5.02 Å². The largest absolute Gasteiger partial charge is 0.497 e. The van der Waals surface area contributed by atoms with E-state index in [0.717, 1.165) is 5.39 Å². The number of methoxy groups -OCH3 is 1. The number of amides is 2. The quantitative estimate of drug-likeness (QED) is 0.702. The number of hydrogen-bond acceptors (Lipinski definition) is 4. The van der Waals surface area contributed by atoms with Crippen LogP contribution in [0.5, 0.6) is 5.75 Å². The highest BCUT2D eigenvalue weighted by Crippen LogP contribution is 2.25. The average Bonchev–Trinajstić information content (AvgIpc) is 3.02. The lowest BCUT2D eigenvalue weighted by Crippen LogP contribution is -2.42. The standard InChI is InChI=1S/C18H15ClN2O4/c1-24-12-6-7-13-11(10-25-16(13)9-12)8-17(22)20-21-18(23)14-4-2-3-5-15(14)19/h2-7,9-10H,8H2,1H3,(H,20,22)(H,21,23). The average molecular weight is 359 g/mol. The molecule has 0 saturated heterocycles. The number of halogens is 1. The summed E-state index contributed by atoms with van der Waals surface area (Å²) in [5.41, 5.74) is 6.34. The Bertz CT molecular complexity index is 936. The van der Waals surface area contributed by atoms with E-state index in [-0.39, 0.29) is 17.9 Å². The summed E-state index contributed by atoms with van der Waals surface area (Å²) in [7, 11) is 1.57. The zero-order chi connectivity index (χ0) is 17.8. The van der Waals surface area contributed by atoms with Gasteiger partial charge >= 0.3 is 0 Å². The summed E-state index contributed by atoms with van der Waals surface area (Å²) in [4.78, 5) is 24.1. The molecule has 6 nitrogen and oxygen atoms in total. The van der Waals surface area contributed by atoms with E-state index in [1.165, 1.54) is 6.26 Å². The number of hydrazine groups is 1. The molecule has 0 aliphatic heterocycles. The molecule has 2 amide bonds. The Hall–Kier alpha value is -2.99. The normalized spacial score (nSPS) is 10.5. The molecule has 0 fully saturated rings. The fourth-order valence-electron chi connectivity index (χ4n) is 2.38. The van der Waals surface area contributed by atoms with E-state index in [0.29, 0.717) is 21.9 Å². The minimum atomic E-state index is -0.485. The molecule has 0 radical (unpaired) electrons. The number of benzene rings is 2. The molecule has 0 unspecified atom stereocenters. The molecule has 0 aliphatic carbocycles. The number of ether oxygens (including phenoxy) is 1. The molecule has 0 saturated carbocycles. The lowest BCUT2D eigenvalue weighted by Gasteiger charge is -2.08. The third kappa shape index (κ3) is 3.75. The van der Waals surface area contributed by atoms with Crippen LogP contribution in [0.25, 0.3) is 11.0 Å². The van der Waals surface area contributed by atoms with Crippen LogP contribution in [0.15, 0.2) is 53.1 Å². The van der Waals surface area contributed by atoms with Crippen LogP contribution in [0, 0.1) is 0 Å². The molecule has 25 heavy (non-hydrogen) atoms. The van der Waals surface area contributed by atoms with E-state index < -0.39 is 5.91 Å². The van der Waals surface area contributed by atoms with Crippen molar-refractivity contribution in [3.63, 3.8) is 0 Å². The number of furan rings is 1. The maximum Gasteiger partial charge on any atom is 0.271 e. The van der Waals surface area contributed by atoms with Gasteiger partial charge in [0, 0.05) is 17.0 Å². The number of carbonyl (C=O) groups excluding carboxylic acids is 2.